The summed E-state index contributed by atoms with van der Waals surface area (Å²) in [7, 11) is 3.10. The molecule has 2 rings (SSSR count). The summed E-state index contributed by atoms with van der Waals surface area (Å²) < 4.78 is 11.4. The summed E-state index contributed by atoms with van der Waals surface area (Å²) in [6, 6.07) is 6.86. The minimum atomic E-state index is -0.892. The number of thiophene rings is 1. The molecule has 19 heavy (non-hydrogen) atoms. The molecule has 1 aromatic heterocycles. The van der Waals surface area contributed by atoms with E-state index in [2.05, 4.69) is 0 Å². The first-order valence-corrected chi connectivity index (χ1v) is 6.98. The van der Waals surface area contributed by atoms with Crippen LogP contribution in [-0.4, -0.2) is 19.3 Å². The van der Waals surface area contributed by atoms with Crippen LogP contribution < -0.4 is 9.47 Å². The van der Waals surface area contributed by atoms with Crippen LogP contribution in [0.1, 0.15) is 17.2 Å². The molecule has 102 valence electrons. The highest BCUT2D eigenvalue weighted by Crippen LogP contribution is 2.40. The standard InChI is InChI=1S/C13H12Cl2O3S/c1-17-7-3-4-8(10(5-7)18-2)12(16)9-6-11(14)19-13(9)15/h3-6,12,16H,1-2H3. The molecule has 0 fully saturated rings. The Morgan fingerprint density at radius 1 is 1.11 bits per heavy atom. The van der Waals surface area contributed by atoms with Crippen LogP contribution >= 0.6 is 34.5 Å². The average molecular weight is 319 g/mol. The number of hydrogen-bond donors (Lipinski definition) is 1. The number of rotatable bonds is 4. The summed E-state index contributed by atoms with van der Waals surface area (Å²) in [6.45, 7) is 0. The predicted octanol–water partition coefficient (Wildman–Crippen LogP) is 4.15. The van der Waals surface area contributed by atoms with Gasteiger partial charge in [-0.25, -0.2) is 0 Å². The lowest BCUT2D eigenvalue weighted by Crippen LogP contribution is -2.02. The van der Waals surface area contributed by atoms with E-state index in [1.54, 1.807) is 31.4 Å². The molecule has 2 aromatic rings. The Balaban J connectivity index is 2.43. The van der Waals surface area contributed by atoms with Gasteiger partial charge in [-0.05, 0) is 18.2 Å². The predicted molar refractivity (Wildman–Crippen MR) is 77.9 cm³/mol. The van der Waals surface area contributed by atoms with Crippen molar-refractivity contribution >= 4 is 34.5 Å². The highest BCUT2D eigenvalue weighted by Gasteiger charge is 2.20. The number of aliphatic hydroxyl groups excluding tert-OH is 1. The van der Waals surface area contributed by atoms with Gasteiger partial charge in [0.25, 0.3) is 0 Å². The van der Waals surface area contributed by atoms with Gasteiger partial charge in [-0.1, -0.05) is 23.2 Å². The number of aliphatic hydroxyl groups is 1. The maximum absolute atomic E-state index is 10.4. The van der Waals surface area contributed by atoms with Crippen molar-refractivity contribution in [2.75, 3.05) is 14.2 Å². The third kappa shape index (κ3) is 2.98. The van der Waals surface area contributed by atoms with Crippen molar-refractivity contribution in [3.63, 3.8) is 0 Å². The molecule has 1 unspecified atom stereocenters. The molecule has 6 heteroatoms. The van der Waals surface area contributed by atoms with E-state index in [-0.39, 0.29) is 0 Å². The largest absolute Gasteiger partial charge is 0.497 e. The van der Waals surface area contributed by atoms with E-state index in [4.69, 9.17) is 32.7 Å². The minimum absolute atomic E-state index is 0.468. The molecule has 0 aliphatic heterocycles. The van der Waals surface area contributed by atoms with Gasteiger partial charge in [-0.3, -0.25) is 0 Å². The van der Waals surface area contributed by atoms with Crippen LogP contribution in [0, 0.1) is 0 Å². The smallest absolute Gasteiger partial charge is 0.128 e. The van der Waals surface area contributed by atoms with Crippen LogP contribution in [-0.2, 0) is 0 Å². The van der Waals surface area contributed by atoms with E-state index in [1.807, 2.05) is 0 Å². The van der Waals surface area contributed by atoms with Crippen molar-refractivity contribution in [2.24, 2.45) is 0 Å². The van der Waals surface area contributed by atoms with Gasteiger partial charge in [0.2, 0.25) is 0 Å². The molecular weight excluding hydrogens is 307 g/mol. The first-order chi connectivity index (χ1) is 9.06. The average Bonchev–Trinajstić information content (AvgIpc) is 2.76. The maximum Gasteiger partial charge on any atom is 0.128 e. The van der Waals surface area contributed by atoms with Gasteiger partial charge in [0.1, 0.15) is 21.9 Å². The number of ether oxygens (including phenoxy) is 2. The Labute approximate surface area is 125 Å². The summed E-state index contributed by atoms with van der Waals surface area (Å²) in [5, 5.41) is 10.4. The maximum atomic E-state index is 10.4. The number of methoxy groups -OCH3 is 2. The van der Waals surface area contributed by atoms with E-state index in [1.165, 1.54) is 18.4 Å². The molecule has 0 aliphatic rings. The molecule has 1 aromatic carbocycles. The van der Waals surface area contributed by atoms with Crippen LogP contribution in [0.3, 0.4) is 0 Å². The topological polar surface area (TPSA) is 38.7 Å². The van der Waals surface area contributed by atoms with Crippen LogP contribution in [0.25, 0.3) is 0 Å². The third-order valence-corrected chi connectivity index (χ3v) is 4.23. The molecule has 3 nitrogen and oxygen atoms in total. The summed E-state index contributed by atoms with van der Waals surface area (Å²) in [5.74, 6) is 1.19. The van der Waals surface area contributed by atoms with Gasteiger partial charge >= 0.3 is 0 Å². The molecule has 1 atom stereocenters. The summed E-state index contributed by atoms with van der Waals surface area (Å²) >= 11 is 13.2. The first kappa shape index (κ1) is 14.5. The van der Waals surface area contributed by atoms with Crippen molar-refractivity contribution < 1.29 is 14.6 Å². The van der Waals surface area contributed by atoms with E-state index in [0.29, 0.717) is 31.3 Å². The van der Waals surface area contributed by atoms with Crippen molar-refractivity contribution in [3.8, 4) is 11.5 Å². The molecule has 0 saturated heterocycles. The molecular formula is C13H12Cl2O3S. The summed E-state index contributed by atoms with van der Waals surface area (Å²) in [5.41, 5.74) is 1.18. The fourth-order valence-electron chi connectivity index (χ4n) is 1.75. The van der Waals surface area contributed by atoms with Crippen molar-refractivity contribution in [1.29, 1.82) is 0 Å². The molecule has 1 N–H and O–H groups in total. The summed E-state index contributed by atoms with van der Waals surface area (Å²) in [4.78, 5) is 0. The Morgan fingerprint density at radius 3 is 2.37 bits per heavy atom. The third-order valence-electron chi connectivity index (χ3n) is 2.71. The summed E-state index contributed by atoms with van der Waals surface area (Å²) in [6.07, 6.45) is -0.892. The van der Waals surface area contributed by atoms with Crippen molar-refractivity contribution in [3.05, 3.63) is 44.1 Å². The number of hydrogen-bond acceptors (Lipinski definition) is 4. The molecule has 0 aliphatic carbocycles. The van der Waals surface area contributed by atoms with Gasteiger partial charge in [0, 0.05) is 17.2 Å². The van der Waals surface area contributed by atoms with E-state index in [0.717, 1.165) is 0 Å². The van der Waals surface area contributed by atoms with E-state index >= 15 is 0 Å². The van der Waals surface area contributed by atoms with Crippen LogP contribution in [0.4, 0.5) is 0 Å². The van der Waals surface area contributed by atoms with Crippen LogP contribution in [0.15, 0.2) is 24.3 Å². The van der Waals surface area contributed by atoms with Gasteiger partial charge in [0.05, 0.1) is 18.6 Å². The van der Waals surface area contributed by atoms with Gasteiger partial charge in [-0.15, -0.1) is 11.3 Å². The Hall–Kier alpha value is -0.940. The second kappa shape index (κ2) is 6.01. The molecule has 0 radical (unpaired) electrons. The zero-order chi connectivity index (χ0) is 14.0. The highest BCUT2D eigenvalue weighted by atomic mass is 35.5. The number of halogens is 2. The fourth-order valence-corrected chi connectivity index (χ4v) is 3.27. The lowest BCUT2D eigenvalue weighted by Gasteiger charge is -2.15. The SMILES string of the molecule is COc1ccc(C(O)c2cc(Cl)sc2Cl)c(OC)c1. The van der Waals surface area contributed by atoms with Gasteiger partial charge < -0.3 is 14.6 Å². The zero-order valence-electron chi connectivity index (χ0n) is 10.3. The second-order valence-electron chi connectivity index (χ2n) is 3.79. The fraction of sp³-hybridized carbons (Fsp3) is 0.231. The molecule has 1 heterocycles. The zero-order valence-corrected chi connectivity index (χ0v) is 12.6. The second-order valence-corrected chi connectivity index (χ2v) is 6.08. The first-order valence-electron chi connectivity index (χ1n) is 5.41. The number of benzene rings is 1. The molecule has 0 amide bonds. The monoisotopic (exact) mass is 318 g/mol. The van der Waals surface area contributed by atoms with Crippen molar-refractivity contribution in [1.82, 2.24) is 0 Å². The van der Waals surface area contributed by atoms with Crippen LogP contribution in [0.2, 0.25) is 8.67 Å². The molecule has 0 saturated carbocycles. The highest BCUT2D eigenvalue weighted by molar-refractivity contribution is 7.20. The van der Waals surface area contributed by atoms with Gasteiger partial charge in [0.15, 0.2) is 0 Å². The lowest BCUT2D eigenvalue weighted by molar-refractivity contribution is 0.215. The Kier molecular flexibility index (Phi) is 4.58. The minimum Gasteiger partial charge on any atom is -0.497 e. The Morgan fingerprint density at radius 2 is 1.84 bits per heavy atom. The van der Waals surface area contributed by atoms with E-state index < -0.39 is 6.10 Å². The molecule has 0 bridgehead atoms. The lowest BCUT2D eigenvalue weighted by atomic mass is 10.0. The van der Waals surface area contributed by atoms with Crippen LogP contribution in [0.5, 0.6) is 11.5 Å². The Bertz CT molecular complexity index is 583. The van der Waals surface area contributed by atoms with Crippen molar-refractivity contribution in [2.45, 2.75) is 6.10 Å². The molecule has 0 spiro atoms. The normalized spacial score (nSPS) is 12.3. The quantitative estimate of drug-likeness (QED) is 0.920. The van der Waals surface area contributed by atoms with Gasteiger partial charge in [-0.2, -0.15) is 0 Å². The van der Waals surface area contributed by atoms with E-state index in [9.17, 15) is 5.11 Å².